The second-order valence-electron chi connectivity index (χ2n) is 7.63. The van der Waals surface area contributed by atoms with Crippen LogP contribution in [-0.2, 0) is 4.79 Å². The number of hydrogen-bond donors (Lipinski definition) is 1. The molecule has 0 bridgehead atoms. The molecule has 0 saturated carbocycles. The molecule has 1 aliphatic heterocycles. The van der Waals surface area contributed by atoms with E-state index in [4.69, 9.17) is 4.74 Å². The van der Waals surface area contributed by atoms with Crippen LogP contribution in [0.25, 0.3) is 5.69 Å². The van der Waals surface area contributed by atoms with Gasteiger partial charge in [-0.2, -0.15) is 5.10 Å². The fourth-order valence-electron chi connectivity index (χ4n) is 3.67. The molecule has 0 spiro atoms. The van der Waals surface area contributed by atoms with E-state index < -0.39 is 0 Å². The highest BCUT2D eigenvalue weighted by Crippen LogP contribution is 2.23. The maximum absolute atomic E-state index is 12.5. The number of piperidine rings is 1. The van der Waals surface area contributed by atoms with Crippen LogP contribution in [0.5, 0.6) is 5.75 Å². The van der Waals surface area contributed by atoms with Gasteiger partial charge in [-0.05, 0) is 59.1 Å². The standard InChI is InChI=1S/C21H31N5O2/c1-16(23-21(27)15-25(3)18-9-11-24(2)12-10-18)17-13-22-26(14-17)19-7-5-6-8-20(19)28-4/h5-8,13-14,16,18H,9-12,15H2,1-4H3,(H,23,27)/t16-/m1/s1. The quantitative estimate of drug-likeness (QED) is 0.791. The van der Waals surface area contributed by atoms with Gasteiger partial charge in [-0.1, -0.05) is 12.1 Å². The zero-order chi connectivity index (χ0) is 20.1. The number of para-hydroxylation sites is 2. The molecule has 0 unspecified atom stereocenters. The second-order valence-corrected chi connectivity index (χ2v) is 7.63. The summed E-state index contributed by atoms with van der Waals surface area (Å²) in [6.07, 6.45) is 5.95. The Morgan fingerprint density at radius 3 is 2.79 bits per heavy atom. The van der Waals surface area contributed by atoms with Crippen molar-refractivity contribution in [1.29, 1.82) is 0 Å². The average molecular weight is 386 g/mol. The van der Waals surface area contributed by atoms with E-state index in [-0.39, 0.29) is 11.9 Å². The molecule has 2 aromatic rings. The number of aromatic nitrogens is 2. The van der Waals surface area contributed by atoms with E-state index in [1.54, 1.807) is 18.0 Å². The van der Waals surface area contributed by atoms with Crippen LogP contribution >= 0.6 is 0 Å². The lowest BCUT2D eigenvalue weighted by Crippen LogP contribution is -2.46. The molecule has 0 aliphatic carbocycles. The molecular formula is C21H31N5O2. The number of likely N-dealkylation sites (tertiary alicyclic amines) is 1. The number of nitrogens with zero attached hydrogens (tertiary/aromatic N) is 4. The van der Waals surface area contributed by atoms with Gasteiger partial charge in [0.05, 0.1) is 25.9 Å². The Morgan fingerprint density at radius 2 is 2.07 bits per heavy atom. The molecule has 28 heavy (non-hydrogen) atoms. The summed E-state index contributed by atoms with van der Waals surface area (Å²) in [5, 5.41) is 7.53. The van der Waals surface area contributed by atoms with Crippen molar-refractivity contribution in [3.63, 3.8) is 0 Å². The molecule has 1 atom stereocenters. The summed E-state index contributed by atoms with van der Waals surface area (Å²) in [7, 11) is 5.84. The van der Waals surface area contributed by atoms with E-state index in [0.717, 1.165) is 42.9 Å². The van der Waals surface area contributed by atoms with Gasteiger partial charge in [-0.15, -0.1) is 0 Å². The van der Waals surface area contributed by atoms with Crippen LogP contribution < -0.4 is 10.1 Å². The number of rotatable bonds is 7. The van der Waals surface area contributed by atoms with Gasteiger partial charge in [-0.25, -0.2) is 4.68 Å². The van der Waals surface area contributed by atoms with Crippen molar-refractivity contribution in [2.24, 2.45) is 0 Å². The van der Waals surface area contributed by atoms with Crippen LogP contribution in [0, 0.1) is 0 Å². The first-order valence-electron chi connectivity index (χ1n) is 9.84. The van der Waals surface area contributed by atoms with Crippen molar-refractivity contribution in [1.82, 2.24) is 24.9 Å². The maximum atomic E-state index is 12.5. The molecular weight excluding hydrogens is 354 g/mol. The average Bonchev–Trinajstić information content (AvgIpc) is 3.18. The first kappa shape index (κ1) is 20.4. The van der Waals surface area contributed by atoms with Gasteiger partial charge in [0.2, 0.25) is 5.91 Å². The number of ether oxygens (including phenoxy) is 1. The van der Waals surface area contributed by atoms with Crippen molar-refractivity contribution in [3.05, 3.63) is 42.2 Å². The molecule has 2 heterocycles. The third-order valence-corrected chi connectivity index (χ3v) is 5.52. The van der Waals surface area contributed by atoms with Crippen LogP contribution in [0.3, 0.4) is 0 Å². The molecule has 1 N–H and O–H groups in total. The number of likely N-dealkylation sites (N-methyl/N-ethyl adjacent to an activating group) is 1. The summed E-state index contributed by atoms with van der Waals surface area (Å²) in [4.78, 5) is 17.0. The van der Waals surface area contributed by atoms with E-state index in [0.29, 0.717) is 12.6 Å². The minimum absolute atomic E-state index is 0.0407. The summed E-state index contributed by atoms with van der Waals surface area (Å²) >= 11 is 0. The van der Waals surface area contributed by atoms with Crippen LogP contribution in [0.15, 0.2) is 36.7 Å². The fraction of sp³-hybridized carbons (Fsp3) is 0.524. The zero-order valence-electron chi connectivity index (χ0n) is 17.3. The Kier molecular flexibility index (Phi) is 6.70. The highest BCUT2D eigenvalue weighted by atomic mass is 16.5. The third kappa shape index (κ3) is 4.91. The molecule has 1 aromatic heterocycles. The maximum Gasteiger partial charge on any atom is 0.234 e. The number of methoxy groups -OCH3 is 1. The second kappa shape index (κ2) is 9.21. The Hall–Kier alpha value is -2.38. The van der Waals surface area contributed by atoms with E-state index in [1.165, 1.54) is 0 Å². The Bertz CT molecular complexity index is 783. The molecule has 1 amide bonds. The highest BCUT2D eigenvalue weighted by molar-refractivity contribution is 5.78. The summed E-state index contributed by atoms with van der Waals surface area (Å²) in [5.41, 5.74) is 1.83. The van der Waals surface area contributed by atoms with Crippen LogP contribution in [0.2, 0.25) is 0 Å². The molecule has 1 fully saturated rings. The smallest absolute Gasteiger partial charge is 0.234 e. The van der Waals surface area contributed by atoms with Gasteiger partial charge < -0.3 is 15.0 Å². The highest BCUT2D eigenvalue weighted by Gasteiger charge is 2.22. The summed E-state index contributed by atoms with van der Waals surface area (Å²) in [5.74, 6) is 0.799. The topological polar surface area (TPSA) is 62.6 Å². The van der Waals surface area contributed by atoms with Crippen molar-refractivity contribution < 1.29 is 9.53 Å². The molecule has 0 radical (unpaired) electrons. The van der Waals surface area contributed by atoms with Gasteiger partial charge in [-0.3, -0.25) is 9.69 Å². The Balaban J connectivity index is 1.57. The van der Waals surface area contributed by atoms with Crippen LogP contribution in [0.4, 0.5) is 0 Å². The molecule has 152 valence electrons. The van der Waals surface area contributed by atoms with Gasteiger partial charge >= 0.3 is 0 Å². The van der Waals surface area contributed by atoms with E-state index in [9.17, 15) is 4.79 Å². The van der Waals surface area contributed by atoms with E-state index in [1.807, 2.05) is 44.4 Å². The van der Waals surface area contributed by atoms with E-state index >= 15 is 0 Å². The van der Waals surface area contributed by atoms with Gasteiger partial charge in [0.25, 0.3) is 0 Å². The van der Waals surface area contributed by atoms with Gasteiger partial charge in [0.15, 0.2) is 0 Å². The van der Waals surface area contributed by atoms with Gasteiger partial charge in [0.1, 0.15) is 11.4 Å². The monoisotopic (exact) mass is 385 g/mol. The van der Waals surface area contributed by atoms with Crippen LogP contribution in [-0.4, -0.2) is 72.4 Å². The summed E-state index contributed by atoms with van der Waals surface area (Å²) < 4.78 is 7.18. The number of amides is 1. The zero-order valence-corrected chi connectivity index (χ0v) is 17.3. The van der Waals surface area contributed by atoms with Crippen molar-refractivity contribution in [2.75, 3.05) is 40.8 Å². The predicted molar refractivity (Wildman–Crippen MR) is 110 cm³/mol. The van der Waals surface area contributed by atoms with Crippen LogP contribution in [0.1, 0.15) is 31.4 Å². The SMILES string of the molecule is COc1ccccc1-n1cc([C@@H](C)NC(=O)CN(C)C2CCN(C)CC2)cn1. The number of hydrogen-bond acceptors (Lipinski definition) is 5. The van der Waals surface area contributed by atoms with Gasteiger partial charge in [0, 0.05) is 17.8 Å². The van der Waals surface area contributed by atoms with Crippen molar-refractivity contribution in [2.45, 2.75) is 31.8 Å². The van der Waals surface area contributed by atoms with Crippen molar-refractivity contribution in [3.8, 4) is 11.4 Å². The number of nitrogens with one attached hydrogen (secondary N) is 1. The normalized spacial score (nSPS) is 16.9. The lowest BCUT2D eigenvalue weighted by Gasteiger charge is -2.34. The molecule has 1 aliphatic rings. The third-order valence-electron chi connectivity index (χ3n) is 5.52. The first-order valence-corrected chi connectivity index (χ1v) is 9.84. The predicted octanol–water partition coefficient (Wildman–Crippen LogP) is 2.08. The molecule has 3 rings (SSSR count). The Morgan fingerprint density at radius 1 is 1.36 bits per heavy atom. The summed E-state index contributed by atoms with van der Waals surface area (Å²) in [6, 6.07) is 8.10. The minimum atomic E-state index is -0.109. The lowest BCUT2D eigenvalue weighted by atomic mass is 10.0. The minimum Gasteiger partial charge on any atom is -0.494 e. The molecule has 7 nitrogen and oxygen atoms in total. The number of benzene rings is 1. The van der Waals surface area contributed by atoms with Crippen molar-refractivity contribution >= 4 is 5.91 Å². The van der Waals surface area contributed by atoms with E-state index in [2.05, 4.69) is 27.3 Å². The fourth-order valence-corrected chi connectivity index (χ4v) is 3.67. The molecule has 1 saturated heterocycles. The first-order chi connectivity index (χ1) is 13.5. The largest absolute Gasteiger partial charge is 0.494 e. The lowest BCUT2D eigenvalue weighted by molar-refractivity contribution is -0.123. The number of carbonyl (C=O) groups is 1. The Labute approximate surface area is 167 Å². The summed E-state index contributed by atoms with van der Waals surface area (Å²) in [6.45, 7) is 4.58. The number of carbonyl (C=O) groups excluding carboxylic acids is 1. The molecule has 1 aromatic carbocycles. The molecule has 7 heteroatoms.